The van der Waals surface area contributed by atoms with Gasteiger partial charge < -0.3 is 5.32 Å². The molecule has 20 heavy (non-hydrogen) atoms. The molecule has 0 fully saturated rings. The van der Waals surface area contributed by atoms with Crippen molar-refractivity contribution >= 4 is 18.2 Å². The van der Waals surface area contributed by atoms with E-state index in [9.17, 15) is 0 Å². The zero-order valence-corrected chi connectivity index (χ0v) is 13.2. The van der Waals surface area contributed by atoms with Crippen molar-refractivity contribution in [1.29, 1.82) is 0 Å². The highest BCUT2D eigenvalue weighted by molar-refractivity contribution is 5.85. The van der Waals surface area contributed by atoms with E-state index in [1.54, 1.807) is 0 Å². The maximum absolute atomic E-state index is 4.47. The monoisotopic (exact) mass is 297 g/mol. The molecule has 1 unspecified atom stereocenters. The Hall–Kier alpha value is -1.49. The van der Waals surface area contributed by atoms with Gasteiger partial charge in [0.15, 0.2) is 0 Å². The number of hydrogen-bond acceptors (Lipinski definition) is 3. The van der Waals surface area contributed by atoms with Gasteiger partial charge in [-0.1, -0.05) is 13.8 Å². The first kappa shape index (κ1) is 16.6. The molecule has 0 radical (unpaired) electrons. The Morgan fingerprint density at radius 2 is 2.10 bits per heavy atom. The normalized spacial score (nSPS) is 11.9. The minimum atomic E-state index is 0. The summed E-state index contributed by atoms with van der Waals surface area (Å²) < 4.78 is 4.05. The molecular weight excluding hydrogens is 274 g/mol. The first-order valence-electron chi connectivity index (χ1n) is 7.04. The summed E-state index contributed by atoms with van der Waals surface area (Å²) in [4.78, 5) is 0. The summed E-state index contributed by atoms with van der Waals surface area (Å²) in [5, 5.41) is 12.2. The van der Waals surface area contributed by atoms with Crippen molar-refractivity contribution in [3.63, 3.8) is 0 Å². The third-order valence-corrected chi connectivity index (χ3v) is 3.30. The molecule has 0 saturated carbocycles. The number of anilines is 1. The molecule has 112 valence electrons. The lowest BCUT2D eigenvalue weighted by Gasteiger charge is -2.13. The van der Waals surface area contributed by atoms with Crippen molar-refractivity contribution in [1.82, 2.24) is 19.6 Å². The second-order valence-corrected chi connectivity index (χ2v) is 4.84. The second kappa shape index (κ2) is 7.94. The molecule has 0 saturated heterocycles. The number of hydrogen-bond donors (Lipinski definition) is 1. The fourth-order valence-electron chi connectivity index (χ4n) is 2.04. The predicted molar refractivity (Wildman–Crippen MR) is 84.3 cm³/mol. The molecule has 1 N–H and O–H groups in total. The van der Waals surface area contributed by atoms with E-state index in [0.29, 0.717) is 6.04 Å². The minimum Gasteiger partial charge on any atom is -0.363 e. The molecule has 0 aliphatic carbocycles. The molecule has 5 nitrogen and oxygen atoms in total. The maximum Gasteiger partial charge on any atom is 0.148 e. The molecule has 2 rings (SSSR count). The van der Waals surface area contributed by atoms with Crippen LogP contribution in [-0.4, -0.2) is 19.6 Å². The van der Waals surface area contributed by atoms with E-state index in [1.807, 2.05) is 23.1 Å². The summed E-state index contributed by atoms with van der Waals surface area (Å²) in [5.74, 6) is 0.922. The Kier molecular flexibility index (Phi) is 6.58. The Balaban J connectivity index is 0.00000200. The molecular formula is C14H24ClN5. The Morgan fingerprint density at radius 1 is 1.30 bits per heavy atom. The number of nitrogens with one attached hydrogen (secondary N) is 1. The fraction of sp³-hybridized carbons (Fsp3) is 0.571. The molecule has 0 aliphatic heterocycles. The summed E-state index contributed by atoms with van der Waals surface area (Å²) >= 11 is 0. The van der Waals surface area contributed by atoms with Crippen molar-refractivity contribution in [3.05, 3.63) is 30.2 Å². The summed E-state index contributed by atoms with van der Waals surface area (Å²) in [6.45, 7) is 8.24. The third kappa shape index (κ3) is 4.00. The van der Waals surface area contributed by atoms with Gasteiger partial charge in [-0.25, -0.2) is 0 Å². The molecule has 0 spiro atoms. The van der Waals surface area contributed by atoms with E-state index in [2.05, 4.69) is 47.0 Å². The largest absolute Gasteiger partial charge is 0.363 e. The number of rotatable bonds is 7. The molecule has 6 heteroatoms. The lowest BCUT2D eigenvalue weighted by atomic mass is 10.2. The van der Waals surface area contributed by atoms with Crippen LogP contribution in [0.5, 0.6) is 0 Å². The molecule has 2 aromatic rings. The Labute approximate surface area is 126 Å². The van der Waals surface area contributed by atoms with Crippen LogP contribution < -0.4 is 5.32 Å². The van der Waals surface area contributed by atoms with E-state index in [0.717, 1.165) is 31.7 Å². The highest BCUT2D eigenvalue weighted by atomic mass is 35.5. The number of aromatic nitrogens is 4. The van der Waals surface area contributed by atoms with Crippen molar-refractivity contribution in [2.24, 2.45) is 0 Å². The van der Waals surface area contributed by atoms with Gasteiger partial charge >= 0.3 is 0 Å². The molecule has 1 atom stereocenters. The van der Waals surface area contributed by atoms with Crippen molar-refractivity contribution in [2.45, 2.75) is 52.7 Å². The zero-order valence-electron chi connectivity index (χ0n) is 12.4. The molecule has 0 bridgehead atoms. The van der Waals surface area contributed by atoms with Crippen LogP contribution in [0.4, 0.5) is 5.82 Å². The van der Waals surface area contributed by atoms with E-state index in [-0.39, 0.29) is 12.4 Å². The molecule has 2 heterocycles. The van der Waals surface area contributed by atoms with Crippen LogP contribution in [0.2, 0.25) is 0 Å². The first-order chi connectivity index (χ1) is 9.24. The second-order valence-electron chi connectivity index (χ2n) is 4.84. The van der Waals surface area contributed by atoms with Crippen LogP contribution in [0.25, 0.3) is 0 Å². The lowest BCUT2D eigenvalue weighted by molar-refractivity contribution is 0.462. The minimum absolute atomic E-state index is 0. The van der Waals surface area contributed by atoms with E-state index in [1.165, 1.54) is 5.69 Å². The number of nitrogens with zero attached hydrogens (tertiary/aromatic N) is 4. The molecule has 0 aliphatic rings. The van der Waals surface area contributed by atoms with E-state index in [4.69, 9.17) is 0 Å². The van der Waals surface area contributed by atoms with Gasteiger partial charge in [0.25, 0.3) is 0 Å². The van der Waals surface area contributed by atoms with E-state index >= 15 is 0 Å². The van der Waals surface area contributed by atoms with Crippen LogP contribution in [0.15, 0.2) is 24.5 Å². The standard InChI is InChI=1S/C14H23N5.ClH/c1-4-9-18-10-7-14(17-18)15-11-13-6-8-16-19(13)12(3)5-2;/h6-8,10,12H,4-5,9,11H2,1-3H3,(H,15,17);1H. The van der Waals surface area contributed by atoms with Crippen LogP contribution in [0.1, 0.15) is 45.3 Å². The van der Waals surface area contributed by atoms with Gasteiger partial charge in [-0.15, -0.1) is 12.4 Å². The van der Waals surface area contributed by atoms with Crippen LogP contribution in [-0.2, 0) is 13.1 Å². The summed E-state index contributed by atoms with van der Waals surface area (Å²) in [7, 11) is 0. The van der Waals surface area contributed by atoms with Gasteiger partial charge in [-0.2, -0.15) is 10.2 Å². The smallest absolute Gasteiger partial charge is 0.148 e. The van der Waals surface area contributed by atoms with Gasteiger partial charge in [0.2, 0.25) is 0 Å². The Bertz CT molecular complexity index is 505. The SMILES string of the molecule is CCCn1ccc(NCc2ccnn2C(C)CC)n1.Cl. The van der Waals surface area contributed by atoms with Gasteiger partial charge in [0.1, 0.15) is 5.82 Å². The highest BCUT2D eigenvalue weighted by Crippen LogP contribution is 2.13. The van der Waals surface area contributed by atoms with Gasteiger partial charge in [-0.3, -0.25) is 9.36 Å². The summed E-state index contributed by atoms with van der Waals surface area (Å²) in [5.41, 5.74) is 1.19. The Morgan fingerprint density at radius 3 is 2.80 bits per heavy atom. The van der Waals surface area contributed by atoms with Crippen molar-refractivity contribution in [2.75, 3.05) is 5.32 Å². The lowest BCUT2D eigenvalue weighted by Crippen LogP contribution is -2.13. The summed E-state index contributed by atoms with van der Waals surface area (Å²) in [6.07, 6.45) is 6.05. The predicted octanol–water partition coefficient (Wildman–Crippen LogP) is 3.49. The van der Waals surface area contributed by atoms with Crippen molar-refractivity contribution in [3.8, 4) is 0 Å². The number of aryl methyl sites for hydroxylation is 1. The van der Waals surface area contributed by atoms with Gasteiger partial charge in [-0.05, 0) is 25.8 Å². The molecule has 0 aromatic carbocycles. The molecule has 2 aromatic heterocycles. The van der Waals surface area contributed by atoms with E-state index < -0.39 is 0 Å². The average Bonchev–Trinajstić information content (AvgIpc) is 3.04. The van der Waals surface area contributed by atoms with Crippen LogP contribution in [0.3, 0.4) is 0 Å². The average molecular weight is 298 g/mol. The third-order valence-electron chi connectivity index (χ3n) is 3.30. The van der Waals surface area contributed by atoms with Gasteiger partial charge in [0, 0.05) is 31.0 Å². The molecule has 0 amide bonds. The van der Waals surface area contributed by atoms with Crippen LogP contribution in [0, 0.1) is 0 Å². The topological polar surface area (TPSA) is 47.7 Å². The quantitative estimate of drug-likeness (QED) is 0.851. The van der Waals surface area contributed by atoms with Gasteiger partial charge in [0.05, 0.1) is 12.2 Å². The maximum atomic E-state index is 4.47. The zero-order chi connectivity index (χ0) is 13.7. The fourth-order valence-corrected chi connectivity index (χ4v) is 2.04. The highest BCUT2D eigenvalue weighted by Gasteiger charge is 2.08. The first-order valence-corrected chi connectivity index (χ1v) is 7.04. The summed E-state index contributed by atoms with van der Waals surface area (Å²) in [6, 6.07) is 4.51. The van der Waals surface area contributed by atoms with Crippen molar-refractivity contribution < 1.29 is 0 Å². The van der Waals surface area contributed by atoms with Crippen LogP contribution >= 0.6 is 12.4 Å². The number of halogens is 1.